The van der Waals surface area contributed by atoms with Gasteiger partial charge in [0.05, 0.1) is 22.8 Å². The van der Waals surface area contributed by atoms with Crippen molar-refractivity contribution in [3.8, 4) is 17.3 Å². The zero-order valence-electron chi connectivity index (χ0n) is 13.2. The van der Waals surface area contributed by atoms with Crippen LogP contribution in [0.5, 0.6) is 0 Å². The van der Waals surface area contributed by atoms with E-state index in [-0.39, 0.29) is 0 Å². The average Bonchev–Trinajstić information content (AvgIpc) is 3.07. The zero-order valence-corrected chi connectivity index (χ0v) is 14.0. The molecule has 25 heavy (non-hydrogen) atoms. The molecule has 0 spiro atoms. The molecule has 0 saturated heterocycles. The van der Waals surface area contributed by atoms with Gasteiger partial charge in [0.25, 0.3) is 0 Å². The number of thiophene rings is 1. The van der Waals surface area contributed by atoms with Crippen LogP contribution in [0, 0.1) is 11.3 Å². The van der Waals surface area contributed by atoms with E-state index in [9.17, 15) is 0 Å². The van der Waals surface area contributed by atoms with E-state index in [4.69, 9.17) is 10.2 Å². The van der Waals surface area contributed by atoms with E-state index < -0.39 is 0 Å². The zero-order chi connectivity index (χ0) is 16.8. The largest absolute Gasteiger partial charge is 0.247 e. The molecule has 0 saturated carbocycles. The quantitative estimate of drug-likeness (QED) is 0.368. The van der Waals surface area contributed by atoms with Crippen molar-refractivity contribution in [2.75, 3.05) is 0 Å². The molecule has 0 unspecified atom stereocenters. The maximum atomic E-state index is 9.06. The molecule has 116 valence electrons. The Labute approximate surface area is 148 Å². The van der Waals surface area contributed by atoms with Gasteiger partial charge in [0.2, 0.25) is 0 Å². The van der Waals surface area contributed by atoms with Gasteiger partial charge in [-0.3, -0.25) is 0 Å². The maximum Gasteiger partial charge on any atom is 0.0991 e. The molecule has 0 amide bonds. The molecule has 2 aromatic heterocycles. The van der Waals surface area contributed by atoms with Gasteiger partial charge in [-0.2, -0.15) is 5.26 Å². The third kappa shape index (κ3) is 2.12. The Kier molecular flexibility index (Phi) is 3.06. The van der Waals surface area contributed by atoms with Crippen LogP contribution in [0.1, 0.15) is 5.56 Å². The van der Waals surface area contributed by atoms with E-state index in [2.05, 4.69) is 48.5 Å². The molecule has 0 aliphatic rings. The van der Waals surface area contributed by atoms with Crippen LogP contribution in [0.3, 0.4) is 0 Å². The first-order valence-corrected chi connectivity index (χ1v) is 8.87. The van der Waals surface area contributed by atoms with Crippen molar-refractivity contribution in [1.82, 2.24) is 4.98 Å². The van der Waals surface area contributed by atoms with E-state index in [0.29, 0.717) is 5.56 Å². The van der Waals surface area contributed by atoms with Gasteiger partial charge in [-0.05, 0) is 24.3 Å². The third-order valence-electron chi connectivity index (χ3n) is 4.50. The summed E-state index contributed by atoms with van der Waals surface area (Å²) < 4.78 is 2.54. The molecule has 2 nitrogen and oxygen atoms in total. The Balaban J connectivity index is 1.97. The normalized spacial score (nSPS) is 11.2. The highest BCUT2D eigenvalue weighted by molar-refractivity contribution is 7.26. The van der Waals surface area contributed by atoms with Crippen LogP contribution in [0.25, 0.3) is 42.3 Å². The number of fused-ring (bicyclic) bond motifs is 5. The molecule has 2 heterocycles. The highest BCUT2D eigenvalue weighted by Gasteiger charge is 2.15. The SMILES string of the molecule is N#Cc1ccc(-c2nc3ccccc3c3sc4ccccc4c23)cc1. The van der Waals surface area contributed by atoms with Gasteiger partial charge in [-0.15, -0.1) is 11.3 Å². The molecule has 0 aliphatic carbocycles. The fourth-order valence-corrected chi connectivity index (χ4v) is 4.56. The third-order valence-corrected chi connectivity index (χ3v) is 5.70. The molecule has 0 aliphatic heterocycles. The Morgan fingerprint density at radius 1 is 0.800 bits per heavy atom. The molecule has 0 fully saturated rings. The highest BCUT2D eigenvalue weighted by atomic mass is 32.1. The van der Waals surface area contributed by atoms with Gasteiger partial charge in [0, 0.05) is 31.1 Å². The molecule has 5 aromatic rings. The number of hydrogen-bond donors (Lipinski definition) is 0. The minimum atomic E-state index is 0.663. The van der Waals surface area contributed by atoms with Crippen molar-refractivity contribution in [2.24, 2.45) is 0 Å². The molecule has 0 bridgehead atoms. The Bertz CT molecular complexity index is 1290. The summed E-state index contributed by atoms with van der Waals surface area (Å²) in [5.41, 5.74) is 3.69. The van der Waals surface area contributed by atoms with Gasteiger partial charge in [0.1, 0.15) is 0 Å². The standard InChI is InChI=1S/C22H12N2S/c23-13-14-9-11-15(12-10-14)21-20-17-6-2-4-8-19(17)25-22(20)16-5-1-3-7-18(16)24-21/h1-12H. The summed E-state index contributed by atoms with van der Waals surface area (Å²) in [6.45, 7) is 0. The highest BCUT2D eigenvalue weighted by Crippen LogP contribution is 2.42. The lowest BCUT2D eigenvalue weighted by Gasteiger charge is -2.07. The first-order valence-electron chi connectivity index (χ1n) is 8.06. The summed E-state index contributed by atoms with van der Waals surface area (Å²) in [6.07, 6.45) is 0. The van der Waals surface area contributed by atoms with E-state index in [0.717, 1.165) is 16.8 Å². The summed E-state index contributed by atoms with van der Waals surface area (Å²) in [4.78, 5) is 4.98. The molecule has 3 heteroatoms. The first kappa shape index (κ1) is 14.2. The second-order valence-electron chi connectivity index (χ2n) is 5.97. The number of hydrogen-bond acceptors (Lipinski definition) is 3. The van der Waals surface area contributed by atoms with Crippen LogP contribution in [0.15, 0.2) is 72.8 Å². The number of benzene rings is 3. The number of aromatic nitrogens is 1. The summed E-state index contributed by atoms with van der Waals surface area (Å²) >= 11 is 1.82. The lowest BCUT2D eigenvalue weighted by atomic mass is 10.0. The lowest BCUT2D eigenvalue weighted by Crippen LogP contribution is -1.88. The molecule has 0 radical (unpaired) electrons. The van der Waals surface area contributed by atoms with Crippen LogP contribution in [0.2, 0.25) is 0 Å². The van der Waals surface area contributed by atoms with E-state index >= 15 is 0 Å². The fourth-order valence-electron chi connectivity index (χ4n) is 3.32. The Hall–Kier alpha value is -3.22. The van der Waals surface area contributed by atoms with Gasteiger partial charge in [-0.1, -0.05) is 48.5 Å². The van der Waals surface area contributed by atoms with E-state index in [1.165, 1.54) is 25.6 Å². The van der Waals surface area contributed by atoms with Crippen molar-refractivity contribution < 1.29 is 0 Å². The van der Waals surface area contributed by atoms with E-state index in [1.54, 1.807) is 0 Å². The van der Waals surface area contributed by atoms with Crippen LogP contribution in [-0.4, -0.2) is 4.98 Å². The molecule has 3 aromatic carbocycles. The second-order valence-corrected chi connectivity index (χ2v) is 7.02. The number of rotatable bonds is 1. The topological polar surface area (TPSA) is 36.7 Å². The molecular weight excluding hydrogens is 324 g/mol. The average molecular weight is 336 g/mol. The summed E-state index contributed by atoms with van der Waals surface area (Å²) in [7, 11) is 0. The second kappa shape index (κ2) is 5.41. The van der Waals surface area contributed by atoms with Crippen LogP contribution in [0.4, 0.5) is 0 Å². The molecular formula is C22H12N2S. The van der Waals surface area contributed by atoms with Crippen molar-refractivity contribution in [3.63, 3.8) is 0 Å². The van der Waals surface area contributed by atoms with Crippen molar-refractivity contribution in [1.29, 1.82) is 5.26 Å². The van der Waals surface area contributed by atoms with Crippen LogP contribution in [-0.2, 0) is 0 Å². The van der Waals surface area contributed by atoms with Gasteiger partial charge in [-0.25, -0.2) is 4.98 Å². The van der Waals surface area contributed by atoms with Crippen LogP contribution >= 0.6 is 11.3 Å². The predicted octanol–water partition coefficient (Wildman–Crippen LogP) is 6.14. The minimum Gasteiger partial charge on any atom is -0.247 e. The predicted molar refractivity (Wildman–Crippen MR) is 105 cm³/mol. The Morgan fingerprint density at radius 3 is 2.32 bits per heavy atom. The number of nitriles is 1. The smallest absolute Gasteiger partial charge is 0.0991 e. The number of pyridine rings is 1. The van der Waals surface area contributed by atoms with Crippen LogP contribution < -0.4 is 0 Å². The summed E-state index contributed by atoms with van der Waals surface area (Å²) in [6, 6.07) is 26.6. The van der Waals surface area contributed by atoms with Gasteiger partial charge < -0.3 is 0 Å². The van der Waals surface area contributed by atoms with Crippen molar-refractivity contribution in [3.05, 3.63) is 78.4 Å². The van der Waals surface area contributed by atoms with E-state index in [1.807, 2.05) is 41.7 Å². The number of nitrogens with zero attached hydrogens (tertiary/aromatic N) is 2. The minimum absolute atomic E-state index is 0.663. The molecule has 0 atom stereocenters. The Morgan fingerprint density at radius 2 is 1.52 bits per heavy atom. The van der Waals surface area contributed by atoms with Crippen molar-refractivity contribution in [2.45, 2.75) is 0 Å². The monoisotopic (exact) mass is 336 g/mol. The molecule has 0 N–H and O–H groups in total. The molecule has 5 rings (SSSR count). The fraction of sp³-hybridized carbons (Fsp3) is 0. The van der Waals surface area contributed by atoms with Gasteiger partial charge in [0.15, 0.2) is 0 Å². The summed E-state index contributed by atoms with van der Waals surface area (Å²) in [5, 5.41) is 12.7. The number of para-hydroxylation sites is 1. The van der Waals surface area contributed by atoms with Crippen molar-refractivity contribution >= 4 is 42.4 Å². The summed E-state index contributed by atoms with van der Waals surface area (Å²) in [5.74, 6) is 0. The maximum absolute atomic E-state index is 9.06. The van der Waals surface area contributed by atoms with Gasteiger partial charge >= 0.3 is 0 Å². The first-order chi connectivity index (χ1) is 12.3. The lowest BCUT2D eigenvalue weighted by molar-refractivity contribution is 1.42.